The lowest BCUT2D eigenvalue weighted by Gasteiger charge is -2.09. The summed E-state index contributed by atoms with van der Waals surface area (Å²) in [4.78, 5) is 12.3. The summed E-state index contributed by atoms with van der Waals surface area (Å²) in [7, 11) is 0. The topological polar surface area (TPSA) is 60.1 Å². The quantitative estimate of drug-likeness (QED) is 0.800. The third-order valence-electron chi connectivity index (χ3n) is 3.57. The van der Waals surface area contributed by atoms with E-state index in [4.69, 9.17) is 4.42 Å². The van der Waals surface area contributed by atoms with E-state index in [2.05, 4.69) is 10.4 Å². The van der Waals surface area contributed by atoms with E-state index in [1.807, 2.05) is 44.2 Å². The third-order valence-corrected chi connectivity index (χ3v) is 3.57. The van der Waals surface area contributed by atoms with Crippen molar-refractivity contribution in [2.45, 2.75) is 20.3 Å². The van der Waals surface area contributed by atoms with Crippen LogP contribution in [0.2, 0.25) is 0 Å². The van der Waals surface area contributed by atoms with E-state index in [9.17, 15) is 4.79 Å². The molecular formula is C17H17N3O2. The predicted octanol–water partition coefficient (Wildman–Crippen LogP) is 3.59. The number of nitrogens with zero attached hydrogens (tertiary/aromatic N) is 2. The first-order chi connectivity index (χ1) is 10.7. The molecule has 0 aliphatic heterocycles. The highest BCUT2D eigenvalue weighted by Crippen LogP contribution is 2.24. The molecule has 2 aromatic heterocycles. The second kappa shape index (κ2) is 5.89. The Morgan fingerprint density at radius 2 is 2.05 bits per heavy atom. The lowest BCUT2D eigenvalue weighted by molar-refractivity contribution is 0.102. The maximum absolute atomic E-state index is 12.3. The van der Waals surface area contributed by atoms with Crippen LogP contribution in [0.3, 0.4) is 0 Å². The fourth-order valence-electron chi connectivity index (χ4n) is 2.35. The van der Waals surface area contributed by atoms with Gasteiger partial charge in [0.2, 0.25) is 0 Å². The lowest BCUT2D eigenvalue weighted by Crippen LogP contribution is -2.15. The molecule has 1 N–H and O–H groups in total. The molecule has 0 unspecified atom stereocenters. The molecular weight excluding hydrogens is 278 g/mol. The van der Waals surface area contributed by atoms with Crippen molar-refractivity contribution >= 4 is 11.7 Å². The van der Waals surface area contributed by atoms with Crippen molar-refractivity contribution in [3.8, 4) is 5.69 Å². The van der Waals surface area contributed by atoms with Gasteiger partial charge in [-0.25, -0.2) is 4.68 Å². The summed E-state index contributed by atoms with van der Waals surface area (Å²) < 4.78 is 6.73. The maximum atomic E-state index is 12.3. The van der Waals surface area contributed by atoms with Crippen molar-refractivity contribution in [2.24, 2.45) is 0 Å². The van der Waals surface area contributed by atoms with E-state index >= 15 is 0 Å². The van der Waals surface area contributed by atoms with E-state index in [0.717, 1.165) is 23.4 Å². The van der Waals surface area contributed by atoms with Gasteiger partial charge in [-0.05, 0) is 31.5 Å². The van der Waals surface area contributed by atoms with Crippen molar-refractivity contribution < 1.29 is 9.21 Å². The van der Waals surface area contributed by atoms with Crippen LogP contribution in [0.5, 0.6) is 0 Å². The van der Waals surface area contributed by atoms with E-state index < -0.39 is 0 Å². The molecule has 0 fully saturated rings. The van der Waals surface area contributed by atoms with Crippen LogP contribution in [0.1, 0.15) is 28.5 Å². The molecule has 5 heteroatoms. The second-order valence-electron chi connectivity index (χ2n) is 4.99. The van der Waals surface area contributed by atoms with Crippen LogP contribution < -0.4 is 5.32 Å². The van der Waals surface area contributed by atoms with Crippen molar-refractivity contribution in [3.63, 3.8) is 0 Å². The highest BCUT2D eigenvalue weighted by molar-refractivity contribution is 6.04. The van der Waals surface area contributed by atoms with Crippen LogP contribution in [0.4, 0.5) is 5.82 Å². The molecule has 0 saturated heterocycles. The zero-order valence-electron chi connectivity index (χ0n) is 12.5. The number of aromatic nitrogens is 2. The van der Waals surface area contributed by atoms with Gasteiger partial charge in [0.25, 0.3) is 5.91 Å². The molecule has 1 amide bonds. The van der Waals surface area contributed by atoms with Crippen molar-refractivity contribution in [1.29, 1.82) is 0 Å². The molecule has 0 atom stereocenters. The smallest absolute Gasteiger partial charge is 0.260 e. The van der Waals surface area contributed by atoms with Gasteiger partial charge in [0.1, 0.15) is 12.1 Å². The minimum absolute atomic E-state index is 0.211. The largest absolute Gasteiger partial charge is 0.472 e. The summed E-state index contributed by atoms with van der Waals surface area (Å²) in [5.41, 5.74) is 3.33. The zero-order valence-corrected chi connectivity index (χ0v) is 12.5. The van der Waals surface area contributed by atoms with Crippen LogP contribution >= 0.6 is 0 Å². The standard InChI is InChI=1S/C17H17N3O2/c1-3-15-12(2)16(18-17(21)13-9-10-22-11-13)20(19-15)14-7-5-4-6-8-14/h4-11H,3H2,1-2H3,(H,18,21). The van der Waals surface area contributed by atoms with Crippen LogP contribution in [0, 0.1) is 6.92 Å². The number of benzene rings is 1. The number of carbonyl (C=O) groups is 1. The Kier molecular flexibility index (Phi) is 3.78. The Balaban J connectivity index is 2.02. The van der Waals surface area contributed by atoms with Gasteiger partial charge in [0.05, 0.1) is 23.2 Å². The molecule has 0 bridgehead atoms. The molecule has 2 heterocycles. The highest BCUT2D eigenvalue weighted by atomic mass is 16.3. The monoisotopic (exact) mass is 295 g/mol. The van der Waals surface area contributed by atoms with Gasteiger partial charge >= 0.3 is 0 Å². The summed E-state index contributed by atoms with van der Waals surface area (Å²) in [5.74, 6) is 0.478. The summed E-state index contributed by atoms with van der Waals surface area (Å²) >= 11 is 0. The van der Waals surface area contributed by atoms with Crippen LogP contribution in [0.25, 0.3) is 5.69 Å². The number of rotatable bonds is 4. The number of para-hydroxylation sites is 1. The molecule has 0 radical (unpaired) electrons. The van der Waals surface area contributed by atoms with Gasteiger partial charge in [-0.1, -0.05) is 25.1 Å². The second-order valence-corrected chi connectivity index (χ2v) is 4.99. The van der Waals surface area contributed by atoms with Crippen molar-refractivity contribution in [1.82, 2.24) is 9.78 Å². The third kappa shape index (κ3) is 2.53. The van der Waals surface area contributed by atoms with Gasteiger partial charge in [-0.3, -0.25) is 4.79 Å². The summed E-state index contributed by atoms with van der Waals surface area (Å²) in [6.45, 7) is 4.02. The fraction of sp³-hybridized carbons (Fsp3) is 0.176. The number of amides is 1. The first-order valence-corrected chi connectivity index (χ1v) is 7.18. The highest BCUT2D eigenvalue weighted by Gasteiger charge is 2.18. The van der Waals surface area contributed by atoms with E-state index in [0.29, 0.717) is 11.4 Å². The van der Waals surface area contributed by atoms with Gasteiger partial charge in [0.15, 0.2) is 0 Å². The van der Waals surface area contributed by atoms with Gasteiger partial charge < -0.3 is 9.73 Å². The summed E-state index contributed by atoms with van der Waals surface area (Å²) in [6.07, 6.45) is 3.71. The summed E-state index contributed by atoms with van der Waals surface area (Å²) in [6, 6.07) is 11.4. The number of nitrogens with one attached hydrogen (secondary N) is 1. The molecule has 5 nitrogen and oxygen atoms in total. The van der Waals surface area contributed by atoms with Crippen LogP contribution in [0.15, 0.2) is 53.3 Å². The zero-order chi connectivity index (χ0) is 15.5. The number of hydrogen-bond donors (Lipinski definition) is 1. The van der Waals surface area contributed by atoms with Gasteiger partial charge in [-0.2, -0.15) is 5.10 Å². The molecule has 0 spiro atoms. The number of carbonyl (C=O) groups excluding carboxylic acids is 1. The average molecular weight is 295 g/mol. The Labute approximate surface area is 128 Å². The van der Waals surface area contributed by atoms with Crippen molar-refractivity contribution in [2.75, 3.05) is 5.32 Å². The predicted molar refractivity (Wildman–Crippen MR) is 84.3 cm³/mol. The SMILES string of the molecule is CCc1nn(-c2ccccc2)c(NC(=O)c2ccoc2)c1C. The first kappa shape index (κ1) is 14.1. The molecule has 22 heavy (non-hydrogen) atoms. The first-order valence-electron chi connectivity index (χ1n) is 7.18. The molecule has 3 aromatic rings. The molecule has 0 saturated carbocycles. The molecule has 3 rings (SSSR count). The minimum Gasteiger partial charge on any atom is -0.472 e. The normalized spacial score (nSPS) is 10.6. The Hall–Kier alpha value is -2.82. The van der Waals surface area contributed by atoms with Crippen LogP contribution in [-0.2, 0) is 6.42 Å². The minimum atomic E-state index is -0.211. The average Bonchev–Trinajstić information content (AvgIpc) is 3.18. The number of aryl methyl sites for hydroxylation is 1. The van der Waals surface area contributed by atoms with E-state index in [1.54, 1.807) is 10.7 Å². The molecule has 0 aliphatic rings. The van der Waals surface area contributed by atoms with E-state index in [-0.39, 0.29) is 5.91 Å². The van der Waals surface area contributed by atoms with Gasteiger partial charge in [-0.15, -0.1) is 0 Å². The fourth-order valence-corrected chi connectivity index (χ4v) is 2.35. The van der Waals surface area contributed by atoms with Gasteiger partial charge in [0, 0.05) is 5.56 Å². The number of hydrogen-bond acceptors (Lipinski definition) is 3. The number of furan rings is 1. The van der Waals surface area contributed by atoms with Crippen LogP contribution in [-0.4, -0.2) is 15.7 Å². The molecule has 0 aliphatic carbocycles. The molecule has 112 valence electrons. The summed E-state index contributed by atoms with van der Waals surface area (Å²) in [5, 5.41) is 7.55. The Morgan fingerprint density at radius 3 is 2.68 bits per heavy atom. The molecule has 1 aromatic carbocycles. The Morgan fingerprint density at radius 1 is 1.27 bits per heavy atom. The maximum Gasteiger partial charge on any atom is 0.260 e. The number of anilines is 1. The Bertz CT molecular complexity index is 774. The van der Waals surface area contributed by atoms with Crippen molar-refractivity contribution in [3.05, 3.63) is 65.7 Å². The van der Waals surface area contributed by atoms with E-state index in [1.165, 1.54) is 12.5 Å². The lowest BCUT2D eigenvalue weighted by atomic mass is 10.2.